The molecule has 4 rings (SSSR count). The van der Waals surface area contributed by atoms with Crippen molar-refractivity contribution in [1.82, 2.24) is 31.5 Å². The van der Waals surface area contributed by atoms with E-state index in [2.05, 4.69) is 37.2 Å². The molecular formula is C40H58N8O11S2. The summed E-state index contributed by atoms with van der Waals surface area (Å²) < 4.78 is 16.6. The van der Waals surface area contributed by atoms with Gasteiger partial charge in [0.15, 0.2) is 5.11 Å². The van der Waals surface area contributed by atoms with Crippen LogP contribution in [0.2, 0.25) is 0 Å². The fraction of sp³-hybridized carbons (Fsp3) is 0.600. The molecular weight excluding hydrogens is 833 g/mol. The Morgan fingerprint density at radius 3 is 2.03 bits per heavy atom. The number of thiocarbonyl (C=S) groups is 1. The number of anilines is 2. The third-order valence-corrected chi connectivity index (χ3v) is 11.5. The van der Waals surface area contributed by atoms with Gasteiger partial charge in [0, 0.05) is 86.6 Å². The molecule has 1 aromatic rings. The van der Waals surface area contributed by atoms with Crippen LogP contribution in [0.5, 0.6) is 0 Å². The molecule has 2 fully saturated rings. The number of thioether (sulfide) groups is 1. The Labute approximate surface area is 364 Å². The number of aliphatic carboxylic acids is 1. The van der Waals surface area contributed by atoms with Gasteiger partial charge in [-0.2, -0.15) is 11.8 Å². The summed E-state index contributed by atoms with van der Waals surface area (Å²) in [5.41, 5.74) is 1.24. The Bertz CT molecular complexity index is 1670. The van der Waals surface area contributed by atoms with Gasteiger partial charge in [-0.3, -0.25) is 33.7 Å². The first-order chi connectivity index (χ1) is 29.5. The van der Waals surface area contributed by atoms with E-state index in [0.29, 0.717) is 95.0 Å². The number of carboxylic acid groups (broad SMARTS) is 1. The van der Waals surface area contributed by atoms with Crippen molar-refractivity contribution in [2.75, 3.05) is 75.7 Å². The van der Waals surface area contributed by atoms with Crippen molar-refractivity contribution in [1.29, 1.82) is 0 Å². The van der Waals surface area contributed by atoms with Crippen LogP contribution < -0.4 is 37.2 Å². The highest BCUT2D eigenvalue weighted by Crippen LogP contribution is 2.33. The normalized spacial score (nSPS) is 18.3. The Morgan fingerprint density at radius 1 is 0.770 bits per heavy atom. The molecule has 0 aromatic heterocycles. The maximum absolute atomic E-state index is 12.9. The number of amides is 7. The predicted octanol–water partition coefficient (Wildman–Crippen LogP) is 1.64. The number of imide groups is 1. The third-order valence-electron chi connectivity index (χ3n) is 9.76. The van der Waals surface area contributed by atoms with Gasteiger partial charge in [-0.15, -0.1) is 0 Å². The van der Waals surface area contributed by atoms with Crippen molar-refractivity contribution in [2.24, 2.45) is 0 Å². The molecule has 3 aliphatic rings. The minimum absolute atomic E-state index is 0.0174. The first-order valence-electron chi connectivity index (χ1n) is 20.7. The number of nitrogens with one attached hydrogen (secondary N) is 7. The van der Waals surface area contributed by atoms with E-state index in [0.717, 1.165) is 29.9 Å². The maximum Gasteiger partial charge on any atom is 0.315 e. The second kappa shape index (κ2) is 27.2. The lowest BCUT2D eigenvalue weighted by Crippen LogP contribution is -2.48. The van der Waals surface area contributed by atoms with Gasteiger partial charge in [0.05, 0.1) is 38.5 Å². The van der Waals surface area contributed by atoms with Crippen molar-refractivity contribution >= 4 is 82.0 Å². The smallest absolute Gasteiger partial charge is 0.315 e. The quantitative estimate of drug-likeness (QED) is 0.0237. The van der Waals surface area contributed by atoms with Gasteiger partial charge in [-0.25, -0.2) is 4.79 Å². The van der Waals surface area contributed by atoms with Crippen LogP contribution in [0.1, 0.15) is 64.2 Å². The monoisotopic (exact) mass is 890 g/mol. The van der Waals surface area contributed by atoms with E-state index in [9.17, 15) is 38.7 Å². The van der Waals surface area contributed by atoms with Crippen LogP contribution in [0.15, 0.2) is 36.4 Å². The minimum Gasteiger partial charge on any atom is -0.481 e. The molecule has 4 atom stereocenters. The van der Waals surface area contributed by atoms with Gasteiger partial charge < -0.3 is 56.5 Å². The number of unbranched alkanes of at least 4 members (excludes halogenated alkanes) is 1. The Balaban J connectivity index is 0.972. The zero-order chi connectivity index (χ0) is 43.8. The summed E-state index contributed by atoms with van der Waals surface area (Å²) in [7, 11) is 0. The molecule has 2 saturated heterocycles. The van der Waals surface area contributed by atoms with E-state index < -0.39 is 17.9 Å². The number of urea groups is 1. The van der Waals surface area contributed by atoms with Crippen LogP contribution in [0, 0.1) is 0 Å². The van der Waals surface area contributed by atoms with Gasteiger partial charge in [0.25, 0.3) is 11.8 Å². The number of carbonyl (C=O) groups excluding carboxylic acids is 6. The molecule has 1 aromatic carbocycles. The molecule has 19 nitrogen and oxygen atoms in total. The van der Waals surface area contributed by atoms with Gasteiger partial charge >= 0.3 is 12.0 Å². The summed E-state index contributed by atoms with van der Waals surface area (Å²) in [5.74, 6) is -1.47. The number of benzene rings is 1. The van der Waals surface area contributed by atoms with Crippen LogP contribution in [-0.4, -0.2) is 145 Å². The Kier molecular flexibility index (Phi) is 21.8. The van der Waals surface area contributed by atoms with Crippen molar-refractivity contribution < 1.29 is 52.9 Å². The summed E-state index contributed by atoms with van der Waals surface area (Å²) >= 11 is 7.27. The predicted molar refractivity (Wildman–Crippen MR) is 232 cm³/mol. The van der Waals surface area contributed by atoms with E-state index in [1.54, 1.807) is 24.3 Å². The molecule has 61 heavy (non-hydrogen) atoms. The number of carbonyl (C=O) groups is 7. The lowest BCUT2D eigenvalue weighted by Gasteiger charge is -2.20. The highest BCUT2D eigenvalue weighted by molar-refractivity contribution is 8.00. The Hall–Kier alpha value is -4.83. The molecule has 0 spiro atoms. The summed E-state index contributed by atoms with van der Waals surface area (Å²) in [4.78, 5) is 84.4. The van der Waals surface area contributed by atoms with Crippen molar-refractivity contribution in [2.45, 2.75) is 87.6 Å². The average molecular weight is 891 g/mol. The minimum atomic E-state index is -1.04. The lowest BCUT2D eigenvalue weighted by molar-refractivity contribution is -0.138. The molecule has 0 aliphatic carbocycles. The number of carboxylic acids is 1. The van der Waals surface area contributed by atoms with Gasteiger partial charge in [0.2, 0.25) is 17.7 Å². The first-order valence-corrected chi connectivity index (χ1v) is 22.1. The molecule has 0 saturated carbocycles. The number of rotatable bonds is 30. The van der Waals surface area contributed by atoms with Crippen LogP contribution in [0.25, 0.3) is 0 Å². The van der Waals surface area contributed by atoms with E-state index >= 15 is 0 Å². The molecule has 8 N–H and O–H groups in total. The summed E-state index contributed by atoms with van der Waals surface area (Å²) in [5, 5.41) is 30.0. The van der Waals surface area contributed by atoms with Gasteiger partial charge in [0.1, 0.15) is 6.04 Å². The molecule has 3 heterocycles. The summed E-state index contributed by atoms with van der Waals surface area (Å²) in [6.07, 6.45) is 6.95. The standard InChI is InChI=1S/C40H58N8O11S2/c49-32(8-3-19-48-34(51)14-15-35(48)52)41-17-4-20-57-22-24-59-25-23-58-21-5-18-42-38(55)29(13-16-36(53)54)46-40(60)44-28-11-9-27(10-12-28)43-33(50)7-2-1-6-31-37-30(26-61-31)45-39(56)47-37/h9-12,14-15,29-31,37H,1-8,13,16-26H2,(H,41,49)(H,42,55)(H,43,50)(H,53,54)(H2,44,46,60)(H2,45,47,56)/t29-,30-,31-,37-/m0/s1. The van der Waals surface area contributed by atoms with Crippen LogP contribution >= 0.6 is 24.0 Å². The van der Waals surface area contributed by atoms with Gasteiger partial charge in [-0.05, 0) is 75.0 Å². The highest BCUT2D eigenvalue weighted by Gasteiger charge is 2.42. The molecule has 336 valence electrons. The van der Waals surface area contributed by atoms with Crippen molar-refractivity contribution in [3.63, 3.8) is 0 Å². The zero-order valence-electron chi connectivity index (χ0n) is 34.2. The molecule has 0 unspecified atom stereocenters. The Morgan fingerprint density at radius 2 is 1.38 bits per heavy atom. The SMILES string of the molecule is O=C(O)CC[C@H](NC(=S)Nc1ccc(NC(=O)CCCC[C@@H]2SC[C@@H]3NC(=O)N[C@@H]32)cc1)C(=O)NCCCOCCOCCOCCCNC(=O)CCCN1C(=O)C=CC1=O. The zero-order valence-corrected chi connectivity index (χ0v) is 35.8. The van der Waals surface area contributed by atoms with Crippen molar-refractivity contribution in [3.8, 4) is 0 Å². The highest BCUT2D eigenvalue weighted by atomic mass is 32.2. The largest absolute Gasteiger partial charge is 0.481 e. The molecule has 21 heteroatoms. The van der Waals surface area contributed by atoms with Crippen LogP contribution in [0.4, 0.5) is 16.2 Å². The second-order valence-electron chi connectivity index (χ2n) is 14.5. The average Bonchev–Trinajstić information content (AvgIpc) is 3.89. The first kappa shape index (κ1) is 48.8. The number of hydrogen-bond acceptors (Lipinski definition) is 12. The third kappa shape index (κ3) is 18.8. The molecule has 0 radical (unpaired) electrons. The summed E-state index contributed by atoms with van der Waals surface area (Å²) in [6.45, 7) is 3.29. The van der Waals surface area contributed by atoms with Gasteiger partial charge in [-0.1, -0.05) is 6.42 Å². The fourth-order valence-electron chi connectivity index (χ4n) is 6.59. The van der Waals surface area contributed by atoms with Crippen molar-refractivity contribution in [3.05, 3.63) is 36.4 Å². The number of fused-ring (bicyclic) bond motifs is 1. The number of hydrogen-bond donors (Lipinski definition) is 8. The number of ether oxygens (including phenoxy) is 3. The molecule has 3 aliphatic heterocycles. The van der Waals surface area contributed by atoms with E-state index in [4.69, 9.17) is 26.4 Å². The topological polar surface area (TPSA) is 255 Å². The fourth-order valence-corrected chi connectivity index (χ4v) is 8.39. The molecule has 7 amide bonds. The van der Waals surface area contributed by atoms with Crippen LogP contribution in [0.3, 0.4) is 0 Å². The number of nitrogens with zero attached hydrogens (tertiary/aromatic N) is 1. The second-order valence-corrected chi connectivity index (χ2v) is 16.2. The maximum atomic E-state index is 12.9. The van der Waals surface area contributed by atoms with E-state index in [1.807, 2.05) is 11.8 Å². The van der Waals surface area contributed by atoms with Crippen LogP contribution in [-0.2, 0) is 43.0 Å². The van der Waals surface area contributed by atoms with E-state index in [1.165, 1.54) is 12.2 Å². The summed E-state index contributed by atoms with van der Waals surface area (Å²) in [6, 6.07) is 6.29. The molecule has 0 bridgehead atoms. The lowest BCUT2D eigenvalue weighted by atomic mass is 10.0. The van der Waals surface area contributed by atoms with E-state index in [-0.39, 0.29) is 72.7 Å².